The molecule has 0 radical (unpaired) electrons. The van der Waals surface area contributed by atoms with Crippen molar-refractivity contribution in [3.63, 3.8) is 0 Å². The van der Waals surface area contributed by atoms with E-state index in [0.717, 1.165) is 11.0 Å². The zero-order chi connectivity index (χ0) is 8.55. The molecule has 13 heavy (non-hydrogen) atoms. The average Bonchev–Trinajstić information content (AvgIpc) is 2.07. The second-order valence-electron chi connectivity index (χ2n) is 2.53. The zero-order valence-corrected chi connectivity index (χ0v) is 7.37. The second-order valence-corrected chi connectivity index (χ2v) is 2.53. The van der Waals surface area contributed by atoms with Gasteiger partial charge in [0, 0.05) is 0 Å². The third kappa shape index (κ3) is 1.77. The van der Waals surface area contributed by atoms with E-state index < -0.39 is 0 Å². The topological polar surface area (TPSA) is 45.8 Å². The molecular formula is C9H7LiN2O. The minimum absolute atomic E-state index is 0. The summed E-state index contributed by atoms with van der Waals surface area (Å²) >= 11 is 0. The van der Waals surface area contributed by atoms with Gasteiger partial charge in [0.15, 0.2) is 0 Å². The van der Waals surface area contributed by atoms with E-state index in [1.807, 2.05) is 24.3 Å². The molecule has 0 aliphatic rings. The van der Waals surface area contributed by atoms with E-state index in [9.17, 15) is 4.79 Å². The van der Waals surface area contributed by atoms with Crippen LogP contribution in [0.25, 0.3) is 11.0 Å². The Balaban J connectivity index is 0.000000845. The van der Waals surface area contributed by atoms with Gasteiger partial charge < -0.3 is 9.78 Å². The van der Waals surface area contributed by atoms with Gasteiger partial charge in [-0.05, 0) is 17.8 Å². The number of aromatic amines is 1. The summed E-state index contributed by atoms with van der Waals surface area (Å²) in [5.41, 5.74) is 1.54. The Hall–Kier alpha value is -1.17. The van der Waals surface area contributed by atoms with Crippen molar-refractivity contribution >= 4 is 11.0 Å². The number of nitrogens with one attached hydrogen (secondary N) is 1. The Morgan fingerprint density at radius 2 is 2.00 bits per heavy atom. The van der Waals surface area contributed by atoms with Gasteiger partial charge in [0.25, 0.3) is 0 Å². The predicted molar refractivity (Wildman–Crippen MR) is 46.8 cm³/mol. The fourth-order valence-electron chi connectivity index (χ4n) is 1.07. The van der Waals surface area contributed by atoms with Crippen molar-refractivity contribution < 1.29 is 18.9 Å². The summed E-state index contributed by atoms with van der Waals surface area (Å²) in [5.74, 6) is 0. The van der Waals surface area contributed by atoms with Crippen LogP contribution in [0.15, 0.2) is 29.1 Å². The quantitative estimate of drug-likeness (QED) is 0.367. The Kier molecular flexibility index (Phi) is 2.82. The van der Waals surface area contributed by atoms with E-state index in [1.54, 1.807) is 0 Å². The standard InChI is InChI=1S/C9H7N2O.Li/c1-6-9(12)11-8-5-3-2-4-7(8)10-6;/h2-5H,1H2,(H,11,12);/q-1;+1. The van der Waals surface area contributed by atoms with Gasteiger partial charge in [0.1, 0.15) is 5.56 Å². The van der Waals surface area contributed by atoms with Gasteiger partial charge in [-0.1, -0.05) is 12.1 Å². The minimum atomic E-state index is -0.228. The number of hydrogen-bond acceptors (Lipinski definition) is 2. The van der Waals surface area contributed by atoms with Crippen molar-refractivity contribution in [1.82, 2.24) is 9.97 Å². The first-order valence-corrected chi connectivity index (χ1v) is 3.58. The van der Waals surface area contributed by atoms with Crippen LogP contribution in [0.5, 0.6) is 0 Å². The van der Waals surface area contributed by atoms with E-state index in [0.29, 0.717) is 0 Å². The average molecular weight is 166 g/mol. The molecule has 0 unspecified atom stereocenters. The van der Waals surface area contributed by atoms with Crippen LogP contribution in [-0.4, -0.2) is 9.97 Å². The number of benzene rings is 1. The molecule has 0 aliphatic heterocycles. The second kappa shape index (κ2) is 3.69. The maximum absolute atomic E-state index is 11.1. The summed E-state index contributed by atoms with van der Waals surface area (Å²) in [6.07, 6.45) is 0. The molecule has 1 N–H and O–H groups in total. The first kappa shape index (κ1) is 9.91. The molecular weight excluding hydrogens is 159 g/mol. The Morgan fingerprint density at radius 3 is 2.77 bits per heavy atom. The third-order valence-corrected chi connectivity index (χ3v) is 1.67. The number of hydrogen-bond donors (Lipinski definition) is 1. The van der Waals surface area contributed by atoms with E-state index in [1.165, 1.54) is 0 Å². The predicted octanol–water partition coefficient (Wildman–Crippen LogP) is -1.89. The smallest absolute Gasteiger partial charge is 0.398 e. The summed E-state index contributed by atoms with van der Waals surface area (Å²) in [5, 5.41) is 0. The van der Waals surface area contributed by atoms with Crippen LogP contribution in [-0.2, 0) is 0 Å². The van der Waals surface area contributed by atoms with E-state index in [-0.39, 0.29) is 30.1 Å². The van der Waals surface area contributed by atoms with Crippen LogP contribution < -0.4 is 24.4 Å². The molecule has 0 saturated heterocycles. The first-order valence-electron chi connectivity index (χ1n) is 3.58. The minimum Gasteiger partial charge on any atom is -0.398 e. The molecule has 0 saturated carbocycles. The van der Waals surface area contributed by atoms with Crippen LogP contribution in [0.4, 0.5) is 0 Å². The van der Waals surface area contributed by atoms with Crippen molar-refractivity contribution in [3.05, 3.63) is 47.2 Å². The van der Waals surface area contributed by atoms with Gasteiger partial charge in [0.2, 0.25) is 0 Å². The van der Waals surface area contributed by atoms with Crippen LogP contribution in [0.1, 0.15) is 5.69 Å². The van der Waals surface area contributed by atoms with Crippen molar-refractivity contribution in [1.29, 1.82) is 0 Å². The number of H-pyrrole nitrogens is 1. The SMILES string of the molecule is [CH2-]c1nc2ccccc2[nH]c1=O.[Li+]. The Morgan fingerprint density at radius 1 is 1.31 bits per heavy atom. The maximum atomic E-state index is 11.1. The molecule has 0 amide bonds. The molecule has 0 fully saturated rings. The molecule has 0 aliphatic carbocycles. The van der Waals surface area contributed by atoms with E-state index >= 15 is 0 Å². The number of fused-ring (bicyclic) bond motifs is 1. The van der Waals surface area contributed by atoms with Crippen LogP contribution in [0.2, 0.25) is 0 Å². The molecule has 1 aromatic heterocycles. The summed E-state index contributed by atoms with van der Waals surface area (Å²) in [4.78, 5) is 17.8. The molecule has 1 aromatic carbocycles. The zero-order valence-electron chi connectivity index (χ0n) is 7.37. The first-order chi connectivity index (χ1) is 5.77. The Labute approximate surface area is 87.4 Å². The molecule has 0 bridgehead atoms. The van der Waals surface area contributed by atoms with Gasteiger partial charge in [-0.25, -0.2) is 6.92 Å². The van der Waals surface area contributed by atoms with Crippen molar-refractivity contribution in [2.45, 2.75) is 0 Å². The van der Waals surface area contributed by atoms with Crippen LogP contribution >= 0.6 is 0 Å². The molecule has 60 valence electrons. The van der Waals surface area contributed by atoms with E-state index in [2.05, 4.69) is 16.9 Å². The molecule has 2 rings (SSSR count). The van der Waals surface area contributed by atoms with Crippen LogP contribution in [0, 0.1) is 6.92 Å². The largest absolute Gasteiger partial charge is 1.00 e. The fraction of sp³-hybridized carbons (Fsp3) is 0. The maximum Gasteiger partial charge on any atom is 1.00 e. The molecule has 3 nitrogen and oxygen atoms in total. The number of aromatic nitrogens is 2. The summed E-state index contributed by atoms with van der Waals surface area (Å²) in [6.45, 7) is 3.52. The van der Waals surface area contributed by atoms with Gasteiger partial charge >= 0.3 is 18.9 Å². The van der Waals surface area contributed by atoms with Gasteiger partial charge in [-0.2, -0.15) is 0 Å². The molecule has 0 spiro atoms. The van der Waals surface area contributed by atoms with Crippen molar-refractivity contribution in [3.8, 4) is 0 Å². The molecule has 4 heteroatoms. The Bertz CT molecular complexity index is 478. The molecule has 1 heterocycles. The van der Waals surface area contributed by atoms with Gasteiger partial charge in [-0.15, -0.1) is 0 Å². The monoisotopic (exact) mass is 166 g/mol. The number of para-hydroxylation sites is 2. The summed E-state index contributed by atoms with van der Waals surface area (Å²) in [7, 11) is 0. The van der Waals surface area contributed by atoms with E-state index in [4.69, 9.17) is 0 Å². The fourth-order valence-corrected chi connectivity index (χ4v) is 1.07. The summed E-state index contributed by atoms with van der Waals surface area (Å²) < 4.78 is 0. The number of nitrogens with zero attached hydrogens (tertiary/aromatic N) is 1. The van der Waals surface area contributed by atoms with Crippen molar-refractivity contribution in [2.24, 2.45) is 0 Å². The number of rotatable bonds is 0. The molecule has 2 aromatic rings. The van der Waals surface area contributed by atoms with Gasteiger partial charge in [-0.3, -0.25) is 4.98 Å². The normalized spacial score (nSPS) is 9.54. The van der Waals surface area contributed by atoms with Crippen LogP contribution in [0.3, 0.4) is 0 Å². The molecule has 0 atom stereocenters. The van der Waals surface area contributed by atoms with Gasteiger partial charge in [0.05, 0.1) is 11.0 Å². The third-order valence-electron chi connectivity index (χ3n) is 1.67. The van der Waals surface area contributed by atoms with Crippen molar-refractivity contribution in [2.75, 3.05) is 0 Å². The summed E-state index contributed by atoms with van der Waals surface area (Å²) in [6, 6.07) is 7.36.